The maximum Gasteiger partial charge on any atom is 0.341 e. The molecule has 2 radical (unpaired) electrons. The molecule has 2 fully saturated rings. The first-order valence-corrected chi connectivity index (χ1v) is 11.5. The van der Waals surface area contributed by atoms with Crippen LogP contribution in [0.4, 0.5) is 11.8 Å². The lowest BCUT2D eigenvalue weighted by Gasteiger charge is -2.34. The first kappa shape index (κ1) is 22.5. The molecule has 34 heavy (non-hydrogen) atoms. The van der Waals surface area contributed by atoms with Crippen LogP contribution in [0.25, 0.3) is 5.65 Å². The molecule has 0 unspecified atom stereocenters. The van der Waals surface area contributed by atoms with Gasteiger partial charge >= 0.3 is 5.97 Å². The molecule has 0 aliphatic carbocycles. The topological polar surface area (TPSA) is 101 Å². The third-order valence-electron chi connectivity index (χ3n) is 5.99. The molecule has 176 valence electrons. The highest BCUT2D eigenvalue weighted by molar-refractivity contribution is 6.30. The summed E-state index contributed by atoms with van der Waals surface area (Å²) in [5.41, 5.74) is 2.63. The normalized spacial score (nSPS) is 17.3. The molecule has 0 saturated carbocycles. The van der Waals surface area contributed by atoms with Gasteiger partial charge in [0.25, 0.3) is 0 Å². The first-order chi connectivity index (χ1) is 16.6. The lowest BCUT2D eigenvalue weighted by molar-refractivity contribution is 0.0525. The third-order valence-corrected chi connectivity index (χ3v) is 5.99. The van der Waals surface area contributed by atoms with Crippen molar-refractivity contribution in [2.75, 3.05) is 68.9 Å². The molecule has 5 rings (SSSR count). The van der Waals surface area contributed by atoms with Gasteiger partial charge in [-0.15, -0.1) is 0 Å². The monoisotopic (exact) mass is 462 g/mol. The summed E-state index contributed by atoms with van der Waals surface area (Å²) >= 11 is 0. The number of nitrogens with zero attached hydrogens (tertiary/aromatic N) is 8. The Labute approximate surface area is 199 Å². The average molecular weight is 462 g/mol. The SMILES string of the molecule is [B]c1cn2cc(CN3CCN(c4ncc(C(=O)OCC)cn4)CC3)nc2c(N2CCOCC2)n1. The van der Waals surface area contributed by atoms with Crippen LogP contribution in [0, 0.1) is 0 Å². The summed E-state index contributed by atoms with van der Waals surface area (Å²) in [6.45, 7) is 9.03. The molecule has 0 spiro atoms. The van der Waals surface area contributed by atoms with Crippen molar-refractivity contribution in [3.8, 4) is 0 Å². The zero-order valence-electron chi connectivity index (χ0n) is 19.3. The Kier molecular flexibility index (Phi) is 6.59. The molecule has 0 amide bonds. The van der Waals surface area contributed by atoms with E-state index in [9.17, 15) is 4.79 Å². The van der Waals surface area contributed by atoms with Gasteiger partial charge in [0.1, 0.15) is 7.85 Å². The van der Waals surface area contributed by atoms with Crippen molar-refractivity contribution in [2.24, 2.45) is 0 Å². The number of piperazine rings is 1. The van der Waals surface area contributed by atoms with Crippen LogP contribution in [0.5, 0.6) is 0 Å². The van der Waals surface area contributed by atoms with Crippen molar-refractivity contribution in [1.29, 1.82) is 0 Å². The van der Waals surface area contributed by atoms with Crippen LogP contribution in [0.2, 0.25) is 0 Å². The van der Waals surface area contributed by atoms with Crippen LogP contribution in [0.15, 0.2) is 24.8 Å². The predicted molar refractivity (Wildman–Crippen MR) is 127 cm³/mol. The minimum Gasteiger partial charge on any atom is -0.462 e. The molecule has 5 heterocycles. The number of esters is 1. The van der Waals surface area contributed by atoms with E-state index in [4.69, 9.17) is 22.3 Å². The van der Waals surface area contributed by atoms with E-state index in [2.05, 4.69) is 29.7 Å². The van der Waals surface area contributed by atoms with Gasteiger partial charge in [-0.3, -0.25) is 4.90 Å². The van der Waals surface area contributed by atoms with E-state index in [1.165, 1.54) is 12.4 Å². The van der Waals surface area contributed by atoms with E-state index >= 15 is 0 Å². The zero-order valence-corrected chi connectivity index (χ0v) is 19.3. The number of fused-ring (bicyclic) bond motifs is 1. The summed E-state index contributed by atoms with van der Waals surface area (Å²) in [6, 6.07) is 0. The largest absolute Gasteiger partial charge is 0.462 e. The Morgan fingerprint density at radius 2 is 1.76 bits per heavy atom. The molecule has 2 aliphatic heterocycles. The standard InChI is InChI=1S/C22H27BN8O3/c1-2-34-21(32)16-11-24-22(25-12-16)30-5-3-28(4-6-30)13-17-14-31-15-18(23)27-20(19(31)26-17)29-7-9-33-10-8-29/h11-12,14-15H,2-10,13H2,1H3. The van der Waals surface area contributed by atoms with E-state index in [1.54, 1.807) is 6.92 Å². The van der Waals surface area contributed by atoms with E-state index in [0.717, 1.165) is 63.0 Å². The molecule has 2 saturated heterocycles. The van der Waals surface area contributed by atoms with Gasteiger partial charge in [0.2, 0.25) is 5.95 Å². The van der Waals surface area contributed by atoms with Crippen molar-refractivity contribution in [2.45, 2.75) is 13.5 Å². The summed E-state index contributed by atoms with van der Waals surface area (Å²) in [7, 11) is 6.07. The lowest BCUT2D eigenvalue weighted by Crippen LogP contribution is -2.46. The van der Waals surface area contributed by atoms with Crippen LogP contribution in [0.1, 0.15) is 23.0 Å². The summed E-state index contributed by atoms with van der Waals surface area (Å²) in [5, 5.41) is 0. The fraction of sp³-hybridized carbons (Fsp3) is 0.500. The van der Waals surface area contributed by atoms with Gasteiger partial charge in [-0.25, -0.2) is 24.7 Å². The van der Waals surface area contributed by atoms with Crippen LogP contribution in [0.3, 0.4) is 0 Å². The highest BCUT2D eigenvalue weighted by Gasteiger charge is 2.22. The molecular weight excluding hydrogens is 435 g/mol. The maximum absolute atomic E-state index is 11.8. The maximum atomic E-state index is 11.8. The number of ether oxygens (including phenoxy) is 2. The highest BCUT2D eigenvalue weighted by atomic mass is 16.5. The van der Waals surface area contributed by atoms with Gasteiger partial charge in [0.15, 0.2) is 11.5 Å². The number of anilines is 2. The fourth-order valence-corrected chi connectivity index (χ4v) is 4.25. The van der Waals surface area contributed by atoms with Gasteiger partial charge in [-0.2, -0.15) is 0 Å². The minimum atomic E-state index is -0.403. The summed E-state index contributed by atoms with van der Waals surface area (Å²) in [6.07, 6.45) is 6.89. The third kappa shape index (κ3) is 4.83. The summed E-state index contributed by atoms with van der Waals surface area (Å²) in [4.78, 5) is 36.6. The molecule has 0 bridgehead atoms. The van der Waals surface area contributed by atoms with E-state index < -0.39 is 5.97 Å². The molecule has 2 aliphatic rings. The summed E-state index contributed by atoms with van der Waals surface area (Å²) < 4.78 is 12.4. The number of hydrogen-bond acceptors (Lipinski definition) is 10. The molecular formula is C22H27BN8O3. The molecule has 3 aromatic rings. The fourth-order valence-electron chi connectivity index (χ4n) is 4.25. The van der Waals surface area contributed by atoms with Gasteiger partial charge in [-0.05, 0) is 6.92 Å². The number of hydrogen-bond donors (Lipinski definition) is 0. The Hall–Kier alpha value is -3.25. The van der Waals surface area contributed by atoms with Gasteiger partial charge in [0, 0.05) is 76.2 Å². The summed E-state index contributed by atoms with van der Waals surface area (Å²) in [5.74, 6) is 1.03. The van der Waals surface area contributed by atoms with Crippen LogP contribution >= 0.6 is 0 Å². The zero-order chi connectivity index (χ0) is 23.5. The Morgan fingerprint density at radius 3 is 2.47 bits per heavy atom. The Morgan fingerprint density at radius 1 is 1.03 bits per heavy atom. The number of carbonyl (C=O) groups excluding carboxylic acids is 1. The van der Waals surface area contributed by atoms with E-state index in [-0.39, 0.29) is 0 Å². The first-order valence-electron chi connectivity index (χ1n) is 11.5. The predicted octanol–water partition coefficient (Wildman–Crippen LogP) is -0.351. The lowest BCUT2D eigenvalue weighted by atomic mass is 10.1. The van der Waals surface area contributed by atoms with Crippen molar-refractivity contribution < 1.29 is 14.3 Å². The second-order valence-corrected chi connectivity index (χ2v) is 8.31. The van der Waals surface area contributed by atoms with Crippen molar-refractivity contribution in [1.82, 2.24) is 29.2 Å². The van der Waals surface area contributed by atoms with Crippen LogP contribution in [-0.4, -0.2) is 102 Å². The molecule has 0 aromatic carbocycles. The van der Waals surface area contributed by atoms with Gasteiger partial charge in [-0.1, -0.05) is 0 Å². The number of rotatable bonds is 6. The molecule has 3 aromatic heterocycles. The van der Waals surface area contributed by atoms with Crippen LogP contribution in [-0.2, 0) is 16.0 Å². The van der Waals surface area contributed by atoms with Crippen molar-refractivity contribution in [3.63, 3.8) is 0 Å². The van der Waals surface area contributed by atoms with Crippen molar-refractivity contribution in [3.05, 3.63) is 36.0 Å². The molecule has 12 heteroatoms. The minimum absolute atomic E-state index is 0.327. The number of carbonyl (C=O) groups is 1. The van der Waals surface area contributed by atoms with Gasteiger partial charge in [0.05, 0.1) is 31.1 Å². The second kappa shape index (κ2) is 9.94. The second-order valence-electron chi connectivity index (χ2n) is 8.31. The average Bonchev–Trinajstić information content (AvgIpc) is 3.27. The number of morpholine rings is 1. The van der Waals surface area contributed by atoms with E-state index in [1.807, 2.05) is 16.8 Å². The highest BCUT2D eigenvalue weighted by Crippen LogP contribution is 2.20. The van der Waals surface area contributed by atoms with Gasteiger partial charge < -0.3 is 23.7 Å². The molecule has 0 N–H and O–H groups in total. The van der Waals surface area contributed by atoms with Crippen LogP contribution < -0.4 is 15.4 Å². The van der Waals surface area contributed by atoms with E-state index in [0.29, 0.717) is 36.9 Å². The van der Waals surface area contributed by atoms with Crippen molar-refractivity contribution >= 4 is 36.8 Å². The Balaban J connectivity index is 1.22. The number of aromatic nitrogens is 5. The smallest absolute Gasteiger partial charge is 0.341 e. The Bertz CT molecular complexity index is 1140. The quantitative estimate of drug-likeness (QED) is 0.357. The molecule has 0 atom stereocenters. The number of imidazole rings is 1. The molecule has 11 nitrogen and oxygen atoms in total.